The summed E-state index contributed by atoms with van der Waals surface area (Å²) < 4.78 is 0. The van der Waals surface area contributed by atoms with Gasteiger partial charge in [-0.3, -0.25) is 5.21 Å². The lowest BCUT2D eigenvalue weighted by Gasteiger charge is -2.13. The van der Waals surface area contributed by atoms with Crippen LogP contribution < -0.4 is 5.06 Å². The maximum atomic E-state index is 9.26. The highest BCUT2D eigenvalue weighted by molar-refractivity contribution is 5.31. The van der Waals surface area contributed by atoms with Crippen LogP contribution in [0.15, 0.2) is 18.6 Å². The molecule has 0 aliphatic carbocycles. The molecule has 0 fully saturated rings. The molecule has 1 heterocycles. The Morgan fingerprint density at radius 2 is 2.45 bits per heavy atom. The average Bonchev–Trinajstić information content (AvgIpc) is 2.07. The summed E-state index contributed by atoms with van der Waals surface area (Å²) in [5.74, 6) is 0.543. The summed E-state index contributed by atoms with van der Waals surface area (Å²) in [7, 11) is 0. The first kappa shape index (κ1) is 7.94. The number of hydrogen-bond acceptors (Lipinski definition) is 4. The van der Waals surface area contributed by atoms with Crippen LogP contribution in [-0.2, 0) is 0 Å². The van der Waals surface area contributed by atoms with E-state index in [-0.39, 0.29) is 0 Å². The van der Waals surface area contributed by atoms with E-state index in [0.29, 0.717) is 12.4 Å². The number of aromatic nitrogens is 2. The topological polar surface area (TPSA) is 49.2 Å². The zero-order chi connectivity index (χ0) is 8.10. The van der Waals surface area contributed by atoms with E-state index in [2.05, 4.69) is 9.97 Å². The SMILES string of the molecule is CCCN(O)c1ccncn1. The van der Waals surface area contributed by atoms with Gasteiger partial charge in [0, 0.05) is 18.8 Å². The summed E-state index contributed by atoms with van der Waals surface area (Å²) >= 11 is 0. The van der Waals surface area contributed by atoms with E-state index in [1.54, 1.807) is 12.3 Å². The van der Waals surface area contributed by atoms with Crippen LogP contribution in [0.2, 0.25) is 0 Å². The van der Waals surface area contributed by atoms with Crippen LogP contribution in [0.3, 0.4) is 0 Å². The van der Waals surface area contributed by atoms with Crippen molar-refractivity contribution in [2.45, 2.75) is 13.3 Å². The van der Waals surface area contributed by atoms with E-state index in [0.717, 1.165) is 11.5 Å². The normalized spacial score (nSPS) is 9.64. The minimum Gasteiger partial charge on any atom is -0.287 e. The molecule has 0 aliphatic heterocycles. The molecule has 0 atom stereocenters. The molecule has 1 aromatic heterocycles. The molecule has 1 rings (SSSR count). The second-order valence-corrected chi connectivity index (χ2v) is 2.19. The molecule has 0 aliphatic rings. The first-order valence-corrected chi connectivity index (χ1v) is 3.57. The van der Waals surface area contributed by atoms with E-state index < -0.39 is 0 Å². The van der Waals surface area contributed by atoms with Crippen molar-refractivity contribution < 1.29 is 5.21 Å². The molecule has 0 radical (unpaired) electrons. The van der Waals surface area contributed by atoms with Gasteiger partial charge in [-0.25, -0.2) is 15.0 Å². The van der Waals surface area contributed by atoms with Crippen molar-refractivity contribution >= 4 is 5.82 Å². The van der Waals surface area contributed by atoms with Crippen molar-refractivity contribution in [3.8, 4) is 0 Å². The molecule has 0 bridgehead atoms. The first-order chi connectivity index (χ1) is 5.34. The van der Waals surface area contributed by atoms with Crippen LogP contribution in [0.4, 0.5) is 5.82 Å². The summed E-state index contributed by atoms with van der Waals surface area (Å²) in [6.45, 7) is 2.58. The van der Waals surface area contributed by atoms with Crippen molar-refractivity contribution in [1.29, 1.82) is 0 Å². The Morgan fingerprint density at radius 1 is 1.64 bits per heavy atom. The summed E-state index contributed by atoms with van der Waals surface area (Å²) in [5.41, 5.74) is 0. The molecule has 11 heavy (non-hydrogen) atoms. The molecule has 0 amide bonds. The number of anilines is 1. The fraction of sp³-hybridized carbons (Fsp3) is 0.429. The quantitative estimate of drug-likeness (QED) is 0.660. The van der Waals surface area contributed by atoms with Gasteiger partial charge in [-0.2, -0.15) is 0 Å². The van der Waals surface area contributed by atoms with Crippen molar-refractivity contribution in [1.82, 2.24) is 9.97 Å². The van der Waals surface area contributed by atoms with E-state index >= 15 is 0 Å². The fourth-order valence-electron chi connectivity index (χ4n) is 0.763. The number of hydroxylamine groups is 1. The second kappa shape index (κ2) is 3.88. The number of rotatable bonds is 3. The van der Waals surface area contributed by atoms with Gasteiger partial charge in [0.15, 0.2) is 5.82 Å². The predicted molar refractivity (Wildman–Crippen MR) is 41.5 cm³/mol. The van der Waals surface area contributed by atoms with Crippen LogP contribution in [0.5, 0.6) is 0 Å². The van der Waals surface area contributed by atoms with Gasteiger partial charge in [0.25, 0.3) is 0 Å². The molecule has 60 valence electrons. The van der Waals surface area contributed by atoms with Gasteiger partial charge in [-0.05, 0) is 6.42 Å². The minimum absolute atomic E-state index is 0.543. The van der Waals surface area contributed by atoms with Gasteiger partial charge < -0.3 is 0 Å². The lowest BCUT2D eigenvalue weighted by atomic mass is 10.4. The highest BCUT2D eigenvalue weighted by Gasteiger charge is 1.99. The largest absolute Gasteiger partial charge is 0.287 e. The van der Waals surface area contributed by atoms with Crippen LogP contribution in [-0.4, -0.2) is 21.7 Å². The maximum absolute atomic E-state index is 9.26. The number of nitrogens with zero attached hydrogens (tertiary/aromatic N) is 3. The van der Waals surface area contributed by atoms with E-state index in [1.165, 1.54) is 6.33 Å². The highest BCUT2D eigenvalue weighted by Crippen LogP contribution is 2.04. The van der Waals surface area contributed by atoms with Gasteiger partial charge in [0.1, 0.15) is 6.33 Å². The van der Waals surface area contributed by atoms with Gasteiger partial charge in [0.05, 0.1) is 0 Å². The van der Waals surface area contributed by atoms with Crippen molar-refractivity contribution in [2.75, 3.05) is 11.6 Å². The fourth-order valence-corrected chi connectivity index (χ4v) is 0.763. The molecule has 0 aromatic carbocycles. The summed E-state index contributed by atoms with van der Waals surface area (Å²) in [6.07, 6.45) is 3.90. The summed E-state index contributed by atoms with van der Waals surface area (Å²) in [6, 6.07) is 1.66. The molecule has 0 saturated heterocycles. The minimum atomic E-state index is 0.543. The molecule has 0 unspecified atom stereocenters. The zero-order valence-electron chi connectivity index (χ0n) is 6.44. The van der Waals surface area contributed by atoms with E-state index in [1.807, 2.05) is 6.92 Å². The predicted octanol–water partition coefficient (Wildman–Crippen LogP) is 1.08. The van der Waals surface area contributed by atoms with Crippen LogP contribution in [0.25, 0.3) is 0 Å². The summed E-state index contributed by atoms with van der Waals surface area (Å²) in [5, 5.41) is 10.4. The van der Waals surface area contributed by atoms with Gasteiger partial charge in [0.2, 0.25) is 0 Å². The Labute approximate surface area is 65.5 Å². The number of hydrogen-bond donors (Lipinski definition) is 1. The third-order valence-corrected chi connectivity index (χ3v) is 1.27. The summed E-state index contributed by atoms with van der Waals surface area (Å²) in [4.78, 5) is 7.60. The molecule has 0 spiro atoms. The van der Waals surface area contributed by atoms with Crippen molar-refractivity contribution in [2.24, 2.45) is 0 Å². The molecular formula is C7H11N3O. The maximum Gasteiger partial charge on any atom is 0.155 e. The first-order valence-electron chi connectivity index (χ1n) is 3.57. The Hall–Kier alpha value is -1.16. The highest BCUT2D eigenvalue weighted by atomic mass is 16.5. The zero-order valence-corrected chi connectivity index (χ0v) is 6.44. The van der Waals surface area contributed by atoms with Crippen LogP contribution >= 0.6 is 0 Å². The average molecular weight is 153 g/mol. The van der Waals surface area contributed by atoms with Crippen molar-refractivity contribution in [3.63, 3.8) is 0 Å². The molecule has 1 aromatic rings. The van der Waals surface area contributed by atoms with Gasteiger partial charge in [-0.1, -0.05) is 6.92 Å². The Balaban J connectivity index is 2.61. The van der Waals surface area contributed by atoms with E-state index in [4.69, 9.17) is 0 Å². The lowest BCUT2D eigenvalue weighted by Crippen LogP contribution is -2.19. The lowest BCUT2D eigenvalue weighted by molar-refractivity contribution is 0.250. The third kappa shape index (κ3) is 2.16. The Bertz CT molecular complexity index is 202. The van der Waals surface area contributed by atoms with Gasteiger partial charge in [-0.15, -0.1) is 0 Å². The third-order valence-electron chi connectivity index (χ3n) is 1.27. The molecular weight excluding hydrogens is 142 g/mol. The molecule has 1 N–H and O–H groups in total. The monoisotopic (exact) mass is 153 g/mol. The van der Waals surface area contributed by atoms with Crippen molar-refractivity contribution in [3.05, 3.63) is 18.6 Å². The molecule has 0 saturated carbocycles. The van der Waals surface area contributed by atoms with Gasteiger partial charge >= 0.3 is 0 Å². The van der Waals surface area contributed by atoms with E-state index in [9.17, 15) is 5.21 Å². The van der Waals surface area contributed by atoms with Crippen LogP contribution in [0.1, 0.15) is 13.3 Å². The van der Waals surface area contributed by atoms with Crippen LogP contribution in [0, 0.1) is 0 Å². The Morgan fingerprint density at radius 3 is 3.00 bits per heavy atom. The standard InChI is InChI=1S/C7H11N3O/c1-2-5-10(11)7-3-4-8-6-9-7/h3-4,6,11H,2,5H2,1H3. The Kier molecular flexibility index (Phi) is 2.80. The molecule has 4 nitrogen and oxygen atoms in total. The second-order valence-electron chi connectivity index (χ2n) is 2.19. The smallest absolute Gasteiger partial charge is 0.155 e. The molecule has 4 heteroatoms.